The Bertz CT molecular complexity index is 1060. The van der Waals surface area contributed by atoms with Gasteiger partial charge in [0.15, 0.2) is 0 Å². The van der Waals surface area contributed by atoms with Gasteiger partial charge in [-0.1, -0.05) is 29.8 Å². The monoisotopic (exact) mass is 418 g/mol. The number of hydrogen-bond acceptors (Lipinski definition) is 6. The second-order valence-corrected chi connectivity index (χ2v) is 6.80. The van der Waals surface area contributed by atoms with Gasteiger partial charge in [0.2, 0.25) is 0 Å². The Morgan fingerprint density at radius 3 is 2.55 bits per heavy atom. The summed E-state index contributed by atoms with van der Waals surface area (Å²) in [6.07, 6.45) is 1.53. The van der Waals surface area contributed by atoms with Crippen LogP contribution in [0.5, 0.6) is 5.75 Å². The van der Waals surface area contributed by atoms with Gasteiger partial charge >= 0.3 is 0 Å². The van der Waals surface area contributed by atoms with Crippen molar-refractivity contribution in [2.24, 2.45) is 5.10 Å². The molecule has 3 aromatic carbocycles. The molecule has 0 saturated carbocycles. The third kappa shape index (κ3) is 6.97. The van der Waals surface area contributed by atoms with Crippen LogP contribution >= 0.6 is 0 Å². The van der Waals surface area contributed by atoms with E-state index in [4.69, 9.17) is 4.74 Å². The van der Waals surface area contributed by atoms with E-state index in [1.54, 1.807) is 24.3 Å². The summed E-state index contributed by atoms with van der Waals surface area (Å²) in [5.74, 6) is 0.358. The van der Waals surface area contributed by atoms with Gasteiger partial charge in [0.25, 0.3) is 11.6 Å². The summed E-state index contributed by atoms with van der Waals surface area (Å²) in [6, 6.07) is 21.2. The van der Waals surface area contributed by atoms with Crippen LogP contribution in [0.25, 0.3) is 0 Å². The van der Waals surface area contributed by atoms with Crippen LogP contribution in [0.4, 0.5) is 11.4 Å². The van der Waals surface area contributed by atoms with Crippen LogP contribution < -0.4 is 15.5 Å². The number of hydrogen-bond donors (Lipinski definition) is 2. The smallest absolute Gasteiger partial charge is 0.269 e. The van der Waals surface area contributed by atoms with Crippen molar-refractivity contribution in [3.63, 3.8) is 0 Å². The molecule has 2 N–H and O–H groups in total. The number of carbonyl (C=O) groups excluding carboxylic acids is 1. The fourth-order valence-electron chi connectivity index (χ4n) is 2.64. The number of anilines is 1. The van der Waals surface area contributed by atoms with Crippen LogP contribution in [0.15, 0.2) is 77.9 Å². The predicted octanol–water partition coefficient (Wildman–Crippen LogP) is 4.04. The molecular weight excluding hydrogens is 396 g/mol. The molecule has 0 aliphatic carbocycles. The van der Waals surface area contributed by atoms with Gasteiger partial charge in [0.05, 0.1) is 17.7 Å². The quantitative estimate of drug-likeness (QED) is 0.310. The van der Waals surface area contributed by atoms with Crippen molar-refractivity contribution >= 4 is 23.5 Å². The number of nitro groups is 1. The molecule has 0 aliphatic heterocycles. The van der Waals surface area contributed by atoms with Gasteiger partial charge in [-0.15, -0.1) is 0 Å². The SMILES string of the molecule is Cc1ccc(NCC(=O)N/N=C\c2cccc(OCc3ccc([N+](=O)[O-])cc3)c2)cc1. The standard InChI is InChI=1S/C23H22N4O4/c1-17-5-9-20(10-6-17)24-15-23(28)26-25-14-19-3-2-4-22(13-19)31-16-18-7-11-21(12-8-18)27(29)30/h2-14,24H,15-16H2,1H3,(H,26,28)/b25-14-. The molecule has 0 heterocycles. The highest BCUT2D eigenvalue weighted by molar-refractivity contribution is 5.84. The topological polar surface area (TPSA) is 106 Å². The first-order chi connectivity index (χ1) is 15.0. The fourth-order valence-corrected chi connectivity index (χ4v) is 2.64. The zero-order valence-electron chi connectivity index (χ0n) is 16.9. The van der Waals surface area contributed by atoms with Crippen LogP contribution in [-0.4, -0.2) is 23.6 Å². The molecule has 8 nitrogen and oxygen atoms in total. The summed E-state index contributed by atoms with van der Waals surface area (Å²) in [4.78, 5) is 22.2. The van der Waals surface area contributed by atoms with Gasteiger partial charge in [-0.2, -0.15) is 5.10 Å². The largest absolute Gasteiger partial charge is 0.489 e. The highest BCUT2D eigenvalue weighted by Gasteiger charge is 2.04. The van der Waals surface area contributed by atoms with Gasteiger partial charge in [0, 0.05) is 17.8 Å². The summed E-state index contributed by atoms with van der Waals surface area (Å²) in [5.41, 5.74) is 6.11. The predicted molar refractivity (Wildman–Crippen MR) is 119 cm³/mol. The molecule has 0 fully saturated rings. The third-order valence-electron chi connectivity index (χ3n) is 4.32. The fraction of sp³-hybridized carbons (Fsp3) is 0.130. The van der Waals surface area contributed by atoms with E-state index >= 15 is 0 Å². The number of hydrazone groups is 1. The Morgan fingerprint density at radius 1 is 1.10 bits per heavy atom. The molecule has 31 heavy (non-hydrogen) atoms. The Balaban J connectivity index is 1.46. The average Bonchev–Trinajstić information content (AvgIpc) is 2.78. The number of benzene rings is 3. The van der Waals surface area contributed by atoms with Gasteiger partial charge in [-0.3, -0.25) is 14.9 Å². The van der Waals surface area contributed by atoms with E-state index < -0.39 is 4.92 Å². The molecule has 158 valence electrons. The van der Waals surface area contributed by atoms with E-state index in [2.05, 4.69) is 15.8 Å². The van der Waals surface area contributed by atoms with Crippen molar-refractivity contribution in [3.05, 3.63) is 99.6 Å². The molecule has 0 spiro atoms. The number of nitrogens with one attached hydrogen (secondary N) is 2. The molecule has 0 aromatic heterocycles. The van der Waals surface area contributed by atoms with E-state index in [0.717, 1.165) is 22.4 Å². The summed E-state index contributed by atoms with van der Waals surface area (Å²) in [5, 5.41) is 17.7. The van der Waals surface area contributed by atoms with Gasteiger partial charge in [-0.25, -0.2) is 5.43 Å². The number of aryl methyl sites for hydroxylation is 1. The van der Waals surface area contributed by atoms with E-state index in [-0.39, 0.29) is 24.7 Å². The number of rotatable bonds is 9. The van der Waals surface area contributed by atoms with Crippen molar-refractivity contribution in [1.29, 1.82) is 0 Å². The average molecular weight is 418 g/mol. The first-order valence-electron chi connectivity index (χ1n) is 9.58. The van der Waals surface area contributed by atoms with Crippen molar-refractivity contribution in [2.75, 3.05) is 11.9 Å². The van der Waals surface area contributed by atoms with Gasteiger partial charge in [0.1, 0.15) is 12.4 Å². The van der Waals surface area contributed by atoms with E-state index in [1.807, 2.05) is 43.3 Å². The lowest BCUT2D eigenvalue weighted by atomic mass is 10.2. The van der Waals surface area contributed by atoms with Crippen LogP contribution in [0.1, 0.15) is 16.7 Å². The molecule has 0 radical (unpaired) electrons. The Morgan fingerprint density at radius 2 is 1.84 bits per heavy atom. The number of non-ortho nitro benzene ring substituents is 1. The number of ether oxygens (including phenoxy) is 1. The Hall–Kier alpha value is -4.20. The highest BCUT2D eigenvalue weighted by Crippen LogP contribution is 2.16. The Labute approximate surface area is 179 Å². The molecule has 0 atom stereocenters. The molecule has 8 heteroatoms. The Kier molecular flexibility index (Phi) is 7.31. The second-order valence-electron chi connectivity index (χ2n) is 6.80. The number of amides is 1. The maximum absolute atomic E-state index is 11.9. The van der Waals surface area contributed by atoms with Crippen LogP contribution in [-0.2, 0) is 11.4 Å². The first kappa shape index (κ1) is 21.5. The van der Waals surface area contributed by atoms with Gasteiger partial charge < -0.3 is 10.1 Å². The minimum absolute atomic E-state index is 0.0399. The van der Waals surface area contributed by atoms with E-state index in [9.17, 15) is 14.9 Å². The zero-order chi connectivity index (χ0) is 22.1. The first-order valence-corrected chi connectivity index (χ1v) is 9.58. The maximum atomic E-state index is 11.9. The lowest BCUT2D eigenvalue weighted by Crippen LogP contribution is -2.25. The molecule has 0 unspecified atom stereocenters. The van der Waals surface area contributed by atoms with Crippen molar-refractivity contribution in [2.45, 2.75) is 13.5 Å². The maximum Gasteiger partial charge on any atom is 0.269 e. The minimum Gasteiger partial charge on any atom is -0.489 e. The molecular formula is C23H22N4O4. The number of nitrogens with zero attached hydrogens (tertiary/aromatic N) is 2. The molecule has 0 bridgehead atoms. The third-order valence-corrected chi connectivity index (χ3v) is 4.32. The summed E-state index contributed by atoms with van der Waals surface area (Å²) in [6.45, 7) is 2.39. The van der Waals surface area contributed by atoms with Crippen molar-refractivity contribution < 1.29 is 14.5 Å². The number of carbonyl (C=O) groups is 1. The van der Waals surface area contributed by atoms with Crippen molar-refractivity contribution in [3.8, 4) is 5.75 Å². The highest BCUT2D eigenvalue weighted by atomic mass is 16.6. The molecule has 1 amide bonds. The molecule has 3 aromatic rings. The van der Waals surface area contributed by atoms with Crippen LogP contribution in [0, 0.1) is 17.0 Å². The normalized spacial score (nSPS) is 10.6. The minimum atomic E-state index is -0.440. The number of nitro benzene ring substituents is 1. The van der Waals surface area contributed by atoms with E-state index in [1.165, 1.54) is 18.3 Å². The second kappa shape index (κ2) is 10.5. The van der Waals surface area contributed by atoms with Crippen LogP contribution in [0.2, 0.25) is 0 Å². The van der Waals surface area contributed by atoms with Gasteiger partial charge in [-0.05, 0) is 54.4 Å². The lowest BCUT2D eigenvalue weighted by molar-refractivity contribution is -0.384. The molecule has 0 aliphatic rings. The lowest BCUT2D eigenvalue weighted by Gasteiger charge is -2.07. The molecule has 0 saturated heterocycles. The zero-order valence-corrected chi connectivity index (χ0v) is 16.9. The summed E-state index contributed by atoms with van der Waals surface area (Å²) < 4.78 is 5.73. The van der Waals surface area contributed by atoms with Crippen molar-refractivity contribution in [1.82, 2.24) is 5.43 Å². The molecule has 3 rings (SSSR count). The summed E-state index contributed by atoms with van der Waals surface area (Å²) >= 11 is 0. The van der Waals surface area contributed by atoms with Crippen LogP contribution in [0.3, 0.4) is 0 Å². The van der Waals surface area contributed by atoms with E-state index in [0.29, 0.717) is 5.75 Å². The summed E-state index contributed by atoms with van der Waals surface area (Å²) in [7, 11) is 0.